The van der Waals surface area contributed by atoms with Gasteiger partial charge in [0.05, 0.1) is 39.1 Å². The molecule has 7 heteroatoms. The zero-order valence-electron chi connectivity index (χ0n) is 24.8. The third kappa shape index (κ3) is 8.96. The van der Waals surface area contributed by atoms with E-state index in [0.717, 1.165) is 26.7 Å². The fourth-order valence-corrected chi connectivity index (χ4v) is 5.68. The molecule has 44 heavy (non-hydrogen) atoms. The molecular formula is C37H40BrNO5. The van der Waals surface area contributed by atoms with Crippen molar-refractivity contribution in [2.24, 2.45) is 5.73 Å². The number of benzene rings is 4. The van der Waals surface area contributed by atoms with Gasteiger partial charge in [0.1, 0.15) is 30.5 Å². The number of hydrogen-bond donors (Lipinski definition) is 1. The molecule has 0 aliphatic heterocycles. The highest BCUT2D eigenvalue weighted by atomic mass is 79.9. The van der Waals surface area contributed by atoms with Crippen LogP contribution in [0.5, 0.6) is 0 Å². The van der Waals surface area contributed by atoms with Crippen LogP contribution in [0, 0.1) is 0 Å². The molecular weight excluding hydrogens is 618 g/mol. The van der Waals surface area contributed by atoms with Gasteiger partial charge in [0.15, 0.2) is 0 Å². The molecule has 0 spiro atoms. The van der Waals surface area contributed by atoms with Crippen molar-refractivity contribution in [1.29, 1.82) is 0 Å². The Morgan fingerprint density at radius 3 is 1.25 bits per heavy atom. The third-order valence-electron chi connectivity index (χ3n) is 7.67. The largest absolute Gasteiger partial charge is 0.369 e. The molecule has 0 radical (unpaired) electrons. The molecule has 1 aliphatic rings. The summed E-state index contributed by atoms with van der Waals surface area (Å²) in [5.74, 6) is 0. The minimum absolute atomic E-state index is 0.308. The van der Waals surface area contributed by atoms with Crippen molar-refractivity contribution in [1.82, 2.24) is 0 Å². The minimum atomic E-state index is -0.566. The Balaban J connectivity index is 1.47. The summed E-state index contributed by atoms with van der Waals surface area (Å²) in [7, 11) is 0. The highest BCUT2D eigenvalue weighted by Gasteiger charge is 2.53. The molecule has 0 heterocycles. The fraction of sp³-hybridized carbons (Fsp3) is 0.297. The van der Waals surface area contributed by atoms with Gasteiger partial charge in [-0.05, 0) is 34.4 Å². The zero-order chi connectivity index (χ0) is 30.6. The molecule has 0 bridgehead atoms. The lowest BCUT2D eigenvalue weighted by Crippen LogP contribution is -2.69. The van der Waals surface area contributed by atoms with Crippen LogP contribution in [0.2, 0.25) is 0 Å². The number of hydrogen-bond acceptors (Lipinski definition) is 6. The summed E-state index contributed by atoms with van der Waals surface area (Å²) >= 11 is 3.52. The monoisotopic (exact) mass is 657 g/mol. The summed E-state index contributed by atoms with van der Waals surface area (Å²) in [5.41, 5.74) is 11.2. The summed E-state index contributed by atoms with van der Waals surface area (Å²) < 4.78 is 34.0. The van der Waals surface area contributed by atoms with E-state index < -0.39 is 36.6 Å². The normalized spacial score (nSPS) is 23.3. The van der Waals surface area contributed by atoms with Crippen LogP contribution in [0.3, 0.4) is 0 Å². The van der Waals surface area contributed by atoms with Crippen LogP contribution < -0.4 is 5.73 Å². The van der Waals surface area contributed by atoms with Crippen molar-refractivity contribution >= 4 is 15.9 Å². The first-order valence-corrected chi connectivity index (χ1v) is 15.7. The van der Waals surface area contributed by atoms with E-state index in [0.29, 0.717) is 33.0 Å². The quantitative estimate of drug-likeness (QED) is 0.139. The first-order chi connectivity index (χ1) is 21.6. The lowest BCUT2D eigenvalue weighted by atomic mass is 9.82. The molecule has 0 saturated heterocycles. The predicted octanol–water partition coefficient (Wildman–Crippen LogP) is 7.00. The topological polar surface area (TPSA) is 72.2 Å². The van der Waals surface area contributed by atoms with E-state index in [1.807, 2.05) is 115 Å². The molecule has 6 atom stereocenters. The Bertz CT molecular complexity index is 1390. The van der Waals surface area contributed by atoms with Crippen LogP contribution in [-0.2, 0) is 50.1 Å². The van der Waals surface area contributed by atoms with Crippen molar-refractivity contribution in [3.05, 3.63) is 155 Å². The summed E-state index contributed by atoms with van der Waals surface area (Å²) in [5, 5.41) is 0. The highest BCUT2D eigenvalue weighted by molar-refractivity contribution is 9.10. The molecule has 0 unspecified atom stereocenters. The molecule has 230 valence electrons. The fourth-order valence-electron chi connectivity index (χ4n) is 5.42. The van der Waals surface area contributed by atoms with Gasteiger partial charge < -0.3 is 29.4 Å². The highest BCUT2D eigenvalue weighted by Crippen LogP contribution is 2.33. The first kappa shape index (κ1) is 32.3. The van der Waals surface area contributed by atoms with Gasteiger partial charge in [0.25, 0.3) is 0 Å². The Morgan fingerprint density at radius 1 is 0.500 bits per heavy atom. The summed E-state index contributed by atoms with van der Waals surface area (Å²) in [6.45, 7) is 5.65. The average Bonchev–Trinajstić information content (AvgIpc) is 3.07. The average molecular weight is 659 g/mol. The third-order valence-corrected chi connectivity index (χ3v) is 8.20. The van der Waals surface area contributed by atoms with Crippen LogP contribution >= 0.6 is 15.9 Å². The molecule has 0 amide bonds. The van der Waals surface area contributed by atoms with Crippen molar-refractivity contribution in [2.75, 3.05) is 6.61 Å². The zero-order valence-corrected chi connectivity index (χ0v) is 26.3. The standard InChI is InChI=1S/C37H40BrNO5/c1-2-22-40-35-33(41-23-27-12-6-3-7-13-27)32(39)34(42-24-28-14-8-4-9-15-28)36(43-26-30-18-20-31(38)21-19-30)37(35)44-25-29-16-10-5-11-17-29/h2-21,32-37H,1,22-26,39H2/t32-,33-,34+,35+,36+,37-/m0/s1. The van der Waals surface area contributed by atoms with E-state index in [-0.39, 0.29) is 0 Å². The Morgan fingerprint density at radius 2 is 0.841 bits per heavy atom. The lowest BCUT2D eigenvalue weighted by molar-refractivity contribution is -0.252. The van der Waals surface area contributed by atoms with Gasteiger partial charge in [-0.25, -0.2) is 0 Å². The second kappa shape index (κ2) is 16.8. The summed E-state index contributed by atoms with van der Waals surface area (Å²) in [6, 6.07) is 37.7. The second-order valence-electron chi connectivity index (χ2n) is 10.8. The Kier molecular flexibility index (Phi) is 12.3. The summed E-state index contributed by atoms with van der Waals surface area (Å²) in [6.07, 6.45) is -0.995. The molecule has 4 aromatic rings. The van der Waals surface area contributed by atoms with Crippen molar-refractivity contribution in [3.63, 3.8) is 0 Å². The molecule has 1 fully saturated rings. The van der Waals surface area contributed by atoms with Crippen LogP contribution in [0.15, 0.2) is 132 Å². The number of nitrogens with two attached hydrogens (primary N) is 1. The van der Waals surface area contributed by atoms with Crippen LogP contribution in [-0.4, -0.2) is 43.2 Å². The SMILES string of the molecule is C=CCO[C@H]1[C@H](OCc2ccccc2)[C@H](OCc2ccc(Br)cc2)[C@H](OCc2ccccc2)[C@@H](N)[C@@H]1OCc1ccccc1. The van der Waals surface area contributed by atoms with E-state index in [4.69, 9.17) is 29.4 Å². The van der Waals surface area contributed by atoms with Crippen molar-refractivity contribution in [3.8, 4) is 0 Å². The van der Waals surface area contributed by atoms with Gasteiger partial charge in [-0.2, -0.15) is 0 Å². The second-order valence-corrected chi connectivity index (χ2v) is 11.8. The van der Waals surface area contributed by atoms with E-state index in [9.17, 15) is 0 Å². The van der Waals surface area contributed by atoms with Gasteiger partial charge >= 0.3 is 0 Å². The van der Waals surface area contributed by atoms with E-state index in [1.54, 1.807) is 6.08 Å². The molecule has 0 aromatic heterocycles. The van der Waals surface area contributed by atoms with Crippen molar-refractivity contribution < 1.29 is 23.7 Å². The van der Waals surface area contributed by atoms with Crippen molar-refractivity contribution in [2.45, 2.75) is 63.0 Å². The predicted molar refractivity (Wildman–Crippen MR) is 176 cm³/mol. The first-order valence-electron chi connectivity index (χ1n) is 14.9. The number of ether oxygens (including phenoxy) is 5. The smallest absolute Gasteiger partial charge is 0.115 e. The van der Waals surface area contributed by atoms with E-state index in [2.05, 4.69) is 22.5 Å². The van der Waals surface area contributed by atoms with Gasteiger partial charge in [-0.15, -0.1) is 6.58 Å². The van der Waals surface area contributed by atoms with E-state index >= 15 is 0 Å². The Hall–Kier alpha value is -3.14. The van der Waals surface area contributed by atoms with Crippen LogP contribution in [0.1, 0.15) is 22.3 Å². The van der Waals surface area contributed by atoms with Gasteiger partial charge in [-0.3, -0.25) is 0 Å². The van der Waals surface area contributed by atoms with Crippen LogP contribution in [0.4, 0.5) is 0 Å². The Labute approximate surface area is 268 Å². The lowest BCUT2D eigenvalue weighted by Gasteiger charge is -2.49. The number of halogens is 1. The van der Waals surface area contributed by atoms with Gasteiger partial charge in [0, 0.05) is 4.47 Å². The molecule has 6 nitrogen and oxygen atoms in total. The van der Waals surface area contributed by atoms with E-state index in [1.165, 1.54) is 0 Å². The summed E-state index contributed by atoms with van der Waals surface area (Å²) in [4.78, 5) is 0. The van der Waals surface area contributed by atoms with Gasteiger partial charge in [0.2, 0.25) is 0 Å². The maximum Gasteiger partial charge on any atom is 0.115 e. The number of rotatable bonds is 15. The molecule has 5 rings (SSSR count). The minimum Gasteiger partial charge on any atom is -0.369 e. The molecule has 2 N–H and O–H groups in total. The maximum atomic E-state index is 7.06. The molecule has 4 aromatic carbocycles. The van der Waals surface area contributed by atoms with Gasteiger partial charge in [-0.1, -0.05) is 125 Å². The van der Waals surface area contributed by atoms with Crippen LogP contribution in [0.25, 0.3) is 0 Å². The molecule has 1 aliphatic carbocycles. The molecule has 1 saturated carbocycles. The maximum absolute atomic E-state index is 7.06.